The zero-order valence-corrected chi connectivity index (χ0v) is 21.9. The van der Waals surface area contributed by atoms with Crippen molar-refractivity contribution in [3.63, 3.8) is 0 Å². The topological polar surface area (TPSA) is 89.8 Å². The molecule has 1 amide bonds. The third kappa shape index (κ3) is 6.41. The highest BCUT2D eigenvalue weighted by Crippen LogP contribution is 2.36. The number of amides is 1. The van der Waals surface area contributed by atoms with Crippen LogP contribution in [-0.4, -0.2) is 25.4 Å². The maximum Gasteiger partial charge on any atom is 0.416 e. The number of nitrogens with zero attached hydrogens (tertiary/aromatic N) is 4. The number of nitrogens with one attached hydrogen (secondary N) is 1. The molecule has 14 heteroatoms. The molecule has 5 aromatic rings. The Balaban J connectivity index is 0.00000405. The van der Waals surface area contributed by atoms with E-state index in [9.17, 15) is 35.9 Å². The Morgan fingerprint density at radius 1 is 0.857 bits per heavy atom. The van der Waals surface area contributed by atoms with Crippen molar-refractivity contribution in [2.24, 2.45) is 0 Å². The van der Waals surface area contributed by atoms with Gasteiger partial charge in [-0.2, -0.15) is 26.3 Å². The third-order valence-corrected chi connectivity index (χ3v) is 5.99. The van der Waals surface area contributed by atoms with Gasteiger partial charge in [0.25, 0.3) is 11.5 Å². The summed E-state index contributed by atoms with van der Waals surface area (Å²) in [5.41, 5.74) is -2.86. The highest BCUT2D eigenvalue weighted by molar-refractivity contribution is 6.04. The smallest absolute Gasteiger partial charge is 0.322 e. The summed E-state index contributed by atoms with van der Waals surface area (Å²) in [4.78, 5) is 39.1. The largest absolute Gasteiger partial charge is 0.416 e. The molecule has 7 nitrogen and oxygen atoms in total. The highest BCUT2D eigenvalue weighted by Gasteiger charge is 2.37. The lowest BCUT2D eigenvalue weighted by Gasteiger charge is -2.15. The molecule has 0 spiro atoms. The van der Waals surface area contributed by atoms with Gasteiger partial charge < -0.3 is 5.32 Å². The lowest BCUT2D eigenvalue weighted by Crippen LogP contribution is -2.25. The SMILES string of the molecule is Cl.O=C(Nc1cccc(-n2c(=O)c(Cc3cccnc3)nc3cccnc32)c1)c1cc(C(F)(F)F)cc(C(F)(F)F)c1. The van der Waals surface area contributed by atoms with Crippen LogP contribution in [0.25, 0.3) is 16.9 Å². The van der Waals surface area contributed by atoms with E-state index in [1.807, 2.05) is 0 Å². The van der Waals surface area contributed by atoms with Gasteiger partial charge in [-0.25, -0.2) is 9.97 Å². The van der Waals surface area contributed by atoms with Crippen LogP contribution in [0.2, 0.25) is 0 Å². The van der Waals surface area contributed by atoms with E-state index < -0.39 is 40.5 Å². The van der Waals surface area contributed by atoms with Gasteiger partial charge in [0.05, 0.1) is 16.8 Å². The molecular weight excluding hydrogens is 588 g/mol. The van der Waals surface area contributed by atoms with E-state index in [1.54, 1.807) is 36.7 Å². The minimum absolute atomic E-state index is 0. The van der Waals surface area contributed by atoms with Crippen molar-refractivity contribution in [2.75, 3.05) is 5.32 Å². The molecule has 1 N–H and O–H groups in total. The first-order chi connectivity index (χ1) is 19.4. The average molecular weight is 606 g/mol. The molecule has 216 valence electrons. The van der Waals surface area contributed by atoms with Crippen LogP contribution in [0.5, 0.6) is 0 Å². The molecule has 2 aromatic carbocycles. The fourth-order valence-corrected chi connectivity index (χ4v) is 4.13. The molecule has 3 heterocycles. The van der Waals surface area contributed by atoms with E-state index in [-0.39, 0.29) is 47.6 Å². The molecule has 0 atom stereocenters. The lowest BCUT2D eigenvalue weighted by molar-refractivity contribution is -0.143. The number of carbonyl (C=O) groups excluding carboxylic acids is 1. The predicted molar refractivity (Wildman–Crippen MR) is 144 cm³/mol. The van der Waals surface area contributed by atoms with Crippen molar-refractivity contribution in [3.05, 3.63) is 124 Å². The minimum atomic E-state index is -5.11. The van der Waals surface area contributed by atoms with E-state index in [4.69, 9.17) is 0 Å². The van der Waals surface area contributed by atoms with Gasteiger partial charge >= 0.3 is 12.4 Å². The molecule has 3 aromatic heterocycles. The molecule has 0 fully saturated rings. The van der Waals surface area contributed by atoms with E-state index in [1.165, 1.54) is 35.0 Å². The molecule has 5 rings (SSSR count). The fourth-order valence-electron chi connectivity index (χ4n) is 4.13. The number of fused-ring (bicyclic) bond motifs is 1. The molecule has 0 unspecified atom stereocenters. The number of hydrogen-bond donors (Lipinski definition) is 1. The zero-order chi connectivity index (χ0) is 29.4. The van der Waals surface area contributed by atoms with E-state index in [2.05, 4.69) is 20.3 Å². The molecule has 0 saturated carbocycles. The van der Waals surface area contributed by atoms with Crippen LogP contribution in [0.15, 0.2) is 90.1 Å². The summed E-state index contributed by atoms with van der Waals surface area (Å²) in [7, 11) is 0. The van der Waals surface area contributed by atoms with Crippen molar-refractivity contribution in [3.8, 4) is 5.69 Å². The number of aromatic nitrogens is 4. The Morgan fingerprint density at radius 3 is 2.19 bits per heavy atom. The second-order valence-electron chi connectivity index (χ2n) is 8.88. The molecule has 0 saturated heterocycles. The summed E-state index contributed by atoms with van der Waals surface area (Å²) in [5, 5.41) is 2.31. The maximum atomic E-state index is 13.5. The molecular formula is C28H18ClF6N5O2. The third-order valence-electron chi connectivity index (χ3n) is 5.99. The van der Waals surface area contributed by atoms with E-state index >= 15 is 0 Å². The Labute approximate surface area is 239 Å². The van der Waals surface area contributed by atoms with Gasteiger partial charge in [-0.1, -0.05) is 12.1 Å². The Morgan fingerprint density at radius 2 is 1.55 bits per heavy atom. The predicted octanol–water partition coefficient (Wildman–Crippen LogP) is 6.48. The summed E-state index contributed by atoms with van der Waals surface area (Å²) < 4.78 is 80.8. The van der Waals surface area contributed by atoms with Gasteiger partial charge in [-0.15, -0.1) is 12.4 Å². The number of anilines is 1. The summed E-state index contributed by atoms with van der Waals surface area (Å²) in [6.07, 6.45) is -5.43. The molecule has 0 aliphatic rings. The van der Waals surface area contributed by atoms with E-state index in [0.717, 1.165) is 5.56 Å². The number of rotatable bonds is 5. The van der Waals surface area contributed by atoms with Gasteiger partial charge in [0.1, 0.15) is 11.2 Å². The second kappa shape index (κ2) is 11.6. The summed E-state index contributed by atoms with van der Waals surface area (Å²) >= 11 is 0. The van der Waals surface area contributed by atoms with Crippen molar-refractivity contribution >= 4 is 35.2 Å². The van der Waals surface area contributed by atoms with Crippen molar-refractivity contribution in [2.45, 2.75) is 18.8 Å². The van der Waals surface area contributed by atoms with Crippen LogP contribution in [0.4, 0.5) is 32.0 Å². The first-order valence-electron chi connectivity index (χ1n) is 11.9. The van der Waals surface area contributed by atoms with Gasteiger partial charge in [0, 0.05) is 36.3 Å². The molecule has 42 heavy (non-hydrogen) atoms. The van der Waals surface area contributed by atoms with Gasteiger partial charge in [-0.05, 0) is 60.2 Å². The number of hydrogen-bond acceptors (Lipinski definition) is 5. The molecule has 0 aliphatic heterocycles. The second-order valence-corrected chi connectivity index (χ2v) is 8.88. The van der Waals surface area contributed by atoms with Gasteiger partial charge in [0.2, 0.25) is 0 Å². The van der Waals surface area contributed by atoms with Crippen molar-refractivity contribution in [1.82, 2.24) is 19.5 Å². The Kier molecular flexibility index (Phi) is 8.34. The van der Waals surface area contributed by atoms with Crippen LogP contribution in [-0.2, 0) is 18.8 Å². The zero-order valence-electron chi connectivity index (χ0n) is 21.1. The standard InChI is InChI=1S/C28H17F6N5O2.ClH/c29-27(30,31)18-11-17(12-19(13-18)28(32,33)34)25(40)37-20-5-1-6-21(14-20)39-24-22(7-3-9-36-24)38-23(26(39)41)10-16-4-2-8-35-15-16;/h1-9,11-15H,10H2,(H,37,40);1H. The monoisotopic (exact) mass is 605 g/mol. The highest BCUT2D eigenvalue weighted by atomic mass is 35.5. The first kappa shape index (κ1) is 30.2. The van der Waals surface area contributed by atoms with Crippen molar-refractivity contribution < 1.29 is 31.1 Å². The number of pyridine rings is 2. The summed E-state index contributed by atoms with van der Waals surface area (Å²) in [6.45, 7) is 0. The van der Waals surface area contributed by atoms with E-state index in [0.29, 0.717) is 17.6 Å². The number of alkyl halides is 6. The molecule has 0 bridgehead atoms. The van der Waals surface area contributed by atoms with Gasteiger partial charge in [0.15, 0.2) is 5.65 Å². The average Bonchev–Trinajstić information content (AvgIpc) is 2.93. The van der Waals surface area contributed by atoms with Crippen molar-refractivity contribution in [1.29, 1.82) is 0 Å². The Hall–Kier alpha value is -4.78. The number of benzene rings is 2. The maximum absolute atomic E-state index is 13.5. The normalized spacial score (nSPS) is 11.7. The van der Waals surface area contributed by atoms with Crippen LogP contribution in [0.1, 0.15) is 32.7 Å². The summed E-state index contributed by atoms with van der Waals surface area (Å²) in [6, 6.07) is 13.1. The molecule has 0 radical (unpaired) electrons. The summed E-state index contributed by atoms with van der Waals surface area (Å²) in [5.74, 6) is -1.21. The minimum Gasteiger partial charge on any atom is -0.322 e. The lowest BCUT2D eigenvalue weighted by atomic mass is 10.0. The van der Waals surface area contributed by atoms with Crippen LogP contribution < -0.4 is 10.9 Å². The first-order valence-corrected chi connectivity index (χ1v) is 11.9. The quantitative estimate of drug-likeness (QED) is 0.232. The van der Waals surface area contributed by atoms with Crippen LogP contribution in [0, 0.1) is 0 Å². The fraction of sp³-hybridized carbons (Fsp3) is 0.107. The number of carbonyl (C=O) groups is 1. The van der Waals surface area contributed by atoms with Gasteiger partial charge in [-0.3, -0.25) is 19.1 Å². The Bertz CT molecular complexity index is 1790. The molecule has 0 aliphatic carbocycles. The van der Waals surface area contributed by atoms with Crippen LogP contribution in [0.3, 0.4) is 0 Å². The number of halogens is 7. The van der Waals surface area contributed by atoms with Crippen LogP contribution >= 0.6 is 12.4 Å².